The Kier molecular flexibility index (Phi) is 4.03. The minimum atomic E-state index is -4.30. The first-order chi connectivity index (χ1) is 8.91. The van der Waals surface area contributed by atoms with Gasteiger partial charge in [0.25, 0.3) is 0 Å². The Labute approximate surface area is 122 Å². The lowest BCUT2D eigenvalue weighted by Gasteiger charge is -2.10. The SMILES string of the molecule is COc1ccc(-c2ccc(C(F)(F)F)cc2)c(I)c1. The zero-order valence-corrected chi connectivity index (χ0v) is 12.1. The second-order valence-electron chi connectivity index (χ2n) is 3.92. The largest absolute Gasteiger partial charge is 0.497 e. The number of alkyl halides is 3. The number of methoxy groups -OCH3 is 1. The van der Waals surface area contributed by atoms with Crippen molar-refractivity contribution < 1.29 is 17.9 Å². The molecule has 0 saturated carbocycles. The summed E-state index contributed by atoms with van der Waals surface area (Å²) in [6.45, 7) is 0. The summed E-state index contributed by atoms with van der Waals surface area (Å²) in [5, 5.41) is 0. The van der Waals surface area contributed by atoms with E-state index >= 15 is 0 Å². The Hall–Kier alpha value is -1.24. The van der Waals surface area contributed by atoms with Crippen molar-refractivity contribution in [3.8, 4) is 16.9 Å². The highest BCUT2D eigenvalue weighted by molar-refractivity contribution is 14.1. The molecule has 2 aromatic carbocycles. The number of hydrogen-bond donors (Lipinski definition) is 0. The zero-order chi connectivity index (χ0) is 14.0. The molecule has 19 heavy (non-hydrogen) atoms. The lowest BCUT2D eigenvalue weighted by Crippen LogP contribution is -2.04. The number of hydrogen-bond acceptors (Lipinski definition) is 1. The smallest absolute Gasteiger partial charge is 0.416 e. The van der Waals surface area contributed by atoms with E-state index in [9.17, 15) is 13.2 Å². The van der Waals surface area contributed by atoms with Crippen LogP contribution in [0.4, 0.5) is 13.2 Å². The van der Waals surface area contributed by atoms with Gasteiger partial charge in [-0.05, 0) is 64.0 Å². The minimum Gasteiger partial charge on any atom is -0.497 e. The van der Waals surface area contributed by atoms with Crippen molar-refractivity contribution in [1.29, 1.82) is 0 Å². The van der Waals surface area contributed by atoms with Crippen LogP contribution in [0.2, 0.25) is 0 Å². The van der Waals surface area contributed by atoms with Gasteiger partial charge in [-0.3, -0.25) is 0 Å². The Morgan fingerprint density at radius 1 is 1.00 bits per heavy atom. The summed E-state index contributed by atoms with van der Waals surface area (Å²) in [4.78, 5) is 0. The number of ether oxygens (including phenoxy) is 1. The minimum absolute atomic E-state index is 0.639. The summed E-state index contributed by atoms with van der Waals surface area (Å²) in [5.41, 5.74) is 0.995. The third-order valence-electron chi connectivity index (χ3n) is 2.70. The van der Waals surface area contributed by atoms with Crippen molar-refractivity contribution in [3.05, 3.63) is 51.6 Å². The molecule has 0 N–H and O–H groups in total. The van der Waals surface area contributed by atoms with Crippen LogP contribution in [0.15, 0.2) is 42.5 Å². The molecule has 0 unspecified atom stereocenters. The van der Waals surface area contributed by atoms with E-state index in [0.29, 0.717) is 0 Å². The van der Waals surface area contributed by atoms with Crippen molar-refractivity contribution >= 4 is 22.6 Å². The molecular weight excluding hydrogens is 368 g/mol. The molecule has 0 aliphatic carbocycles. The van der Waals surface area contributed by atoms with E-state index in [2.05, 4.69) is 22.6 Å². The zero-order valence-electron chi connectivity index (χ0n) is 9.96. The van der Waals surface area contributed by atoms with Gasteiger partial charge in [0.2, 0.25) is 0 Å². The van der Waals surface area contributed by atoms with Gasteiger partial charge in [-0.1, -0.05) is 12.1 Å². The quantitative estimate of drug-likeness (QED) is 0.670. The maximum absolute atomic E-state index is 12.5. The van der Waals surface area contributed by atoms with E-state index in [0.717, 1.165) is 32.6 Å². The molecule has 1 nitrogen and oxygen atoms in total. The first-order valence-electron chi connectivity index (χ1n) is 5.43. The number of rotatable bonds is 2. The van der Waals surface area contributed by atoms with E-state index in [1.165, 1.54) is 12.1 Å². The maximum atomic E-state index is 12.5. The monoisotopic (exact) mass is 378 g/mol. The van der Waals surface area contributed by atoms with Crippen molar-refractivity contribution in [1.82, 2.24) is 0 Å². The number of benzene rings is 2. The van der Waals surface area contributed by atoms with Gasteiger partial charge < -0.3 is 4.74 Å². The van der Waals surface area contributed by atoms with Crippen LogP contribution in [0.25, 0.3) is 11.1 Å². The summed E-state index contributed by atoms with van der Waals surface area (Å²) in [7, 11) is 1.57. The van der Waals surface area contributed by atoms with E-state index in [1.54, 1.807) is 13.2 Å². The molecule has 0 fully saturated rings. The second-order valence-corrected chi connectivity index (χ2v) is 5.08. The highest BCUT2D eigenvalue weighted by Crippen LogP contribution is 2.33. The van der Waals surface area contributed by atoms with Gasteiger partial charge in [0.15, 0.2) is 0 Å². The van der Waals surface area contributed by atoms with Crippen LogP contribution in [-0.4, -0.2) is 7.11 Å². The standard InChI is InChI=1S/C14H10F3IO/c1-19-11-6-7-12(13(18)8-11)9-2-4-10(5-3-9)14(15,16)17/h2-8H,1H3. The van der Waals surface area contributed by atoms with Crippen LogP contribution in [0.1, 0.15) is 5.56 Å². The third kappa shape index (κ3) is 3.20. The van der Waals surface area contributed by atoms with Gasteiger partial charge in [0.1, 0.15) is 5.75 Å². The lowest BCUT2D eigenvalue weighted by atomic mass is 10.0. The van der Waals surface area contributed by atoms with Gasteiger partial charge in [-0.15, -0.1) is 0 Å². The molecule has 0 heterocycles. The van der Waals surface area contributed by atoms with Crippen LogP contribution >= 0.6 is 22.6 Å². The molecule has 0 atom stereocenters. The third-order valence-corrected chi connectivity index (χ3v) is 3.59. The molecule has 0 aliphatic heterocycles. The lowest BCUT2D eigenvalue weighted by molar-refractivity contribution is -0.137. The summed E-state index contributed by atoms with van der Waals surface area (Å²) in [5.74, 6) is 0.722. The average Bonchev–Trinajstić information content (AvgIpc) is 2.37. The molecule has 100 valence electrons. The fourth-order valence-corrected chi connectivity index (χ4v) is 2.49. The predicted octanol–water partition coefficient (Wildman–Crippen LogP) is 4.99. The first-order valence-corrected chi connectivity index (χ1v) is 6.51. The Balaban J connectivity index is 2.37. The van der Waals surface area contributed by atoms with Gasteiger partial charge in [-0.2, -0.15) is 13.2 Å². The maximum Gasteiger partial charge on any atom is 0.416 e. The summed E-state index contributed by atoms with van der Waals surface area (Å²) >= 11 is 2.14. The highest BCUT2D eigenvalue weighted by Gasteiger charge is 2.29. The molecule has 5 heteroatoms. The molecule has 0 amide bonds. The molecule has 0 aliphatic rings. The van der Waals surface area contributed by atoms with E-state index in [-0.39, 0.29) is 0 Å². The normalized spacial score (nSPS) is 11.4. The average molecular weight is 378 g/mol. The van der Waals surface area contributed by atoms with E-state index in [1.807, 2.05) is 12.1 Å². The molecule has 2 aromatic rings. The van der Waals surface area contributed by atoms with Crippen LogP contribution in [0.3, 0.4) is 0 Å². The van der Waals surface area contributed by atoms with E-state index < -0.39 is 11.7 Å². The fraction of sp³-hybridized carbons (Fsp3) is 0.143. The predicted molar refractivity (Wildman–Crippen MR) is 76.1 cm³/mol. The molecule has 0 saturated heterocycles. The Morgan fingerprint density at radius 2 is 1.63 bits per heavy atom. The van der Waals surface area contributed by atoms with Crippen LogP contribution < -0.4 is 4.74 Å². The molecular formula is C14H10F3IO. The van der Waals surface area contributed by atoms with Crippen molar-refractivity contribution in [2.45, 2.75) is 6.18 Å². The molecule has 0 radical (unpaired) electrons. The highest BCUT2D eigenvalue weighted by atomic mass is 127. The van der Waals surface area contributed by atoms with Gasteiger partial charge >= 0.3 is 6.18 Å². The van der Waals surface area contributed by atoms with Crippen molar-refractivity contribution in [3.63, 3.8) is 0 Å². The van der Waals surface area contributed by atoms with Crippen LogP contribution in [0.5, 0.6) is 5.75 Å². The Bertz CT molecular complexity index is 576. The second kappa shape index (κ2) is 5.40. The van der Waals surface area contributed by atoms with Crippen LogP contribution in [-0.2, 0) is 6.18 Å². The van der Waals surface area contributed by atoms with Crippen molar-refractivity contribution in [2.24, 2.45) is 0 Å². The number of halogens is 4. The van der Waals surface area contributed by atoms with E-state index in [4.69, 9.17) is 4.74 Å². The molecule has 0 aromatic heterocycles. The molecule has 0 spiro atoms. The van der Waals surface area contributed by atoms with Gasteiger partial charge in [0, 0.05) is 3.57 Å². The van der Waals surface area contributed by atoms with Crippen molar-refractivity contribution in [2.75, 3.05) is 7.11 Å². The molecule has 2 rings (SSSR count). The summed E-state index contributed by atoms with van der Waals surface area (Å²) < 4.78 is 43.5. The Morgan fingerprint density at radius 3 is 2.11 bits per heavy atom. The summed E-state index contributed by atoms with van der Waals surface area (Å²) in [6, 6.07) is 10.6. The van der Waals surface area contributed by atoms with Gasteiger partial charge in [0.05, 0.1) is 12.7 Å². The van der Waals surface area contributed by atoms with Gasteiger partial charge in [-0.25, -0.2) is 0 Å². The molecule has 0 bridgehead atoms. The van der Waals surface area contributed by atoms with Crippen LogP contribution in [0, 0.1) is 3.57 Å². The topological polar surface area (TPSA) is 9.23 Å². The first kappa shape index (κ1) is 14.2. The summed E-state index contributed by atoms with van der Waals surface area (Å²) in [6.07, 6.45) is -4.30. The fourth-order valence-electron chi connectivity index (χ4n) is 1.70.